The number of carbonyl (C=O) groups is 1. The molecule has 0 spiro atoms. The molecule has 2 heterocycles. The van der Waals surface area contributed by atoms with Gasteiger partial charge in [0.05, 0.1) is 5.92 Å². The monoisotopic (exact) mass is 305 g/mol. The molecule has 1 atom stereocenters. The lowest BCUT2D eigenvalue weighted by Gasteiger charge is -2.31. The van der Waals surface area contributed by atoms with Gasteiger partial charge >= 0.3 is 5.97 Å². The van der Waals surface area contributed by atoms with Crippen LogP contribution in [0.25, 0.3) is 0 Å². The normalized spacial score (nSPS) is 17.2. The van der Waals surface area contributed by atoms with E-state index >= 15 is 0 Å². The Balaban J connectivity index is 2.00. The molecule has 2 rings (SSSR count). The first-order chi connectivity index (χ1) is 10.6. The predicted octanol–water partition coefficient (Wildman–Crippen LogP) is 2.40. The zero-order valence-corrected chi connectivity index (χ0v) is 13.7. The number of carboxylic acid groups (broad SMARTS) is 1. The minimum Gasteiger partial charge on any atom is -0.481 e. The topological polar surface area (TPSA) is 56.7 Å². The molecule has 1 saturated heterocycles. The summed E-state index contributed by atoms with van der Waals surface area (Å²) < 4.78 is 0. The number of carboxylic acids is 1. The van der Waals surface area contributed by atoms with E-state index in [1.54, 1.807) is 6.92 Å². The summed E-state index contributed by atoms with van der Waals surface area (Å²) in [5.41, 5.74) is 1.12. The second-order valence-electron chi connectivity index (χ2n) is 6.28. The van der Waals surface area contributed by atoms with Crippen molar-refractivity contribution in [2.24, 2.45) is 5.92 Å². The molecule has 1 aliphatic rings. The Morgan fingerprint density at radius 1 is 1.36 bits per heavy atom. The van der Waals surface area contributed by atoms with Gasteiger partial charge in [0.2, 0.25) is 0 Å². The average Bonchev–Trinajstić information content (AvgIpc) is 2.53. The summed E-state index contributed by atoms with van der Waals surface area (Å²) in [5, 5.41) is 9.18. The van der Waals surface area contributed by atoms with Crippen LogP contribution < -0.4 is 4.90 Å². The lowest BCUT2D eigenvalue weighted by atomic mass is 10.1. The lowest BCUT2D eigenvalue weighted by Crippen LogP contribution is -2.40. The molecule has 0 aliphatic carbocycles. The summed E-state index contributed by atoms with van der Waals surface area (Å²) in [4.78, 5) is 20.2. The number of aryl methyl sites for hydroxylation is 1. The molecule has 1 aliphatic heterocycles. The van der Waals surface area contributed by atoms with Gasteiger partial charge in [-0.05, 0) is 44.5 Å². The van der Waals surface area contributed by atoms with Crippen molar-refractivity contribution in [2.75, 3.05) is 37.6 Å². The summed E-state index contributed by atoms with van der Waals surface area (Å²) >= 11 is 0. The van der Waals surface area contributed by atoms with Crippen LogP contribution in [-0.4, -0.2) is 53.7 Å². The van der Waals surface area contributed by atoms with Crippen LogP contribution in [0.5, 0.6) is 0 Å². The number of hydrogen-bond donors (Lipinski definition) is 1. The Morgan fingerprint density at radius 2 is 2.09 bits per heavy atom. The highest BCUT2D eigenvalue weighted by Crippen LogP contribution is 2.15. The van der Waals surface area contributed by atoms with E-state index in [9.17, 15) is 9.90 Å². The second kappa shape index (κ2) is 8.13. The SMILES string of the molecule is Cc1ccc(N(CCN2CCCCC2)CC(C)C(=O)O)nc1. The first-order valence-electron chi connectivity index (χ1n) is 8.19. The number of rotatable bonds is 7. The zero-order chi connectivity index (χ0) is 15.9. The predicted molar refractivity (Wildman–Crippen MR) is 88.3 cm³/mol. The highest BCUT2D eigenvalue weighted by molar-refractivity contribution is 5.70. The number of anilines is 1. The van der Waals surface area contributed by atoms with Crippen LogP contribution in [-0.2, 0) is 4.79 Å². The van der Waals surface area contributed by atoms with Crippen molar-refractivity contribution in [3.63, 3.8) is 0 Å². The smallest absolute Gasteiger partial charge is 0.308 e. The van der Waals surface area contributed by atoms with Gasteiger partial charge in [-0.1, -0.05) is 19.4 Å². The number of aliphatic carboxylic acids is 1. The van der Waals surface area contributed by atoms with Gasteiger partial charge in [-0.15, -0.1) is 0 Å². The van der Waals surface area contributed by atoms with Crippen LogP contribution in [0.15, 0.2) is 18.3 Å². The zero-order valence-electron chi connectivity index (χ0n) is 13.7. The van der Waals surface area contributed by atoms with Crippen molar-refractivity contribution < 1.29 is 9.90 Å². The highest BCUT2D eigenvalue weighted by atomic mass is 16.4. The third-order valence-electron chi connectivity index (χ3n) is 4.27. The molecule has 0 radical (unpaired) electrons. The first-order valence-corrected chi connectivity index (χ1v) is 8.19. The molecule has 5 nitrogen and oxygen atoms in total. The van der Waals surface area contributed by atoms with Crippen LogP contribution in [0.3, 0.4) is 0 Å². The van der Waals surface area contributed by atoms with E-state index in [0.717, 1.165) is 37.6 Å². The molecule has 0 saturated carbocycles. The Bertz CT molecular complexity index is 469. The molecule has 1 fully saturated rings. The molecule has 22 heavy (non-hydrogen) atoms. The molecule has 1 unspecified atom stereocenters. The summed E-state index contributed by atoms with van der Waals surface area (Å²) in [5.74, 6) is -0.282. The maximum Gasteiger partial charge on any atom is 0.308 e. The summed E-state index contributed by atoms with van der Waals surface area (Å²) in [6.45, 7) is 8.38. The molecule has 5 heteroatoms. The first kappa shape index (κ1) is 16.7. The third-order valence-corrected chi connectivity index (χ3v) is 4.27. The number of nitrogens with zero attached hydrogens (tertiary/aromatic N) is 3. The van der Waals surface area contributed by atoms with E-state index in [2.05, 4.69) is 14.8 Å². The maximum atomic E-state index is 11.2. The highest BCUT2D eigenvalue weighted by Gasteiger charge is 2.19. The van der Waals surface area contributed by atoms with Gasteiger partial charge in [-0.3, -0.25) is 4.79 Å². The van der Waals surface area contributed by atoms with Crippen molar-refractivity contribution in [1.82, 2.24) is 9.88 Å². The van der Waals surface area contributed by atoms with Crippen molar-refractivity contribution in [3.05, 3.63) is 23.9 Å². The van der Waals surface area contributed by atoms with Gasteiger partial charge in [0, 0.05) is 25.8 Å². The van der Waals surface area contributed by atoms with Crippen molar-refractivity contribution in [1.29, 1.82) is 0 Å². The van der Waals surface area contributed by atoms with Crippen LogP contribution in [0, 0.1) is 12.8 Å². The summed E-state index contributed by atoms with van der Waals surface area (Å²) in [6, 6.07) is 4.02. The van der Waals surface area contributed by atoms with Gasteiger partial charge < -0.3 is 14.9 Å². The fourth-order valence-electron chi connectivity index (χ4n) is 2.80. The molecule has 0 bridgehead atoms. The molecule has 0 amide bonds. The fourth-order valence-corrected chi connectivity index (χ4v) is 2.80. The number of aromatic nitrogens is 1. The molecule has 1 aromatic rings. The quantitative estimate of drug-likeness (QED) is 0.838. The largest absolute Gasteiger partial charge is 0.481 e. The summed E-state index contributed by atoms with van der Waals surface area (Å²) in [7, 11) is 0. The number of piperidine rings is 1. The molecule has 1 aromatic heterocycles. The Labute approximate surface area is 132 Å². The van der Waals surface area contributed by atoms with E-state index in [1.165, 1.54) is 19.3 Å². The van der Waals surface area contributed by atoms with Gasteiger partial charge in [0.1, 0.15) is 5.82 Å². The van der Waals surface area contributed by atoms with E-state index in [0.29, 0.717) is 6.54 Å². The lowest BCUT2D eigenvalue weighted by molar-refractivity contribution is -0.140. The van der Waals surface area contributed by atoms with Crippen molar-refractivity contribution in [3.8, 4) is 0 Å². The minimum absolute atomic E-state index is 0.399. The van der Waals surface area contributed by atoms with Crippen molar-refractivity contribution >= 4 is 11.8 Å². The van der Waals surface area contributed by atoms with Gasteiger partial charge in [0.25, 0.3) is 0 Å². The number of likely N-dealkylation sites (tertiary alicyclic amines) is 1. The molecule has 122 valence electrons. The van der Waals surface area contributed by atoms with Gasteiger partial charge in [-0.2, -0.15) is 0 Å². The van der Waals surface area contributed by atoms with Gasteiger partial charge in [0.15, 0.2) is 0 Å². The molecule has 0 aromatic carbocycles. The van der Waals surface area contributed by atoms with Crippen molar-refractivity contribution in [2.45, 2.75) is 33.1 Å². The Hall–Kier alpha value is -1.62. The van der Waals surface area contributed by atoms with E-state index < -0.39 is 11.9 Å². The average molecular weight is 305 g/mol. The van der Waals surface area contributed by atoms with Crippen LogP contribution in [0.4, 0.5) is 5.82 Å². The van der Waals surface area contributed by atoms with E-state index in [1.807, 2.05) is 25.3 Å². The molecule has 1 N–H and O–H groups in total. The number of hydrogen-bond acceptors (Lipinski definition) is 4. The second-order valence-corrected chi connectivity index (χ2v) is 6.28. The summed E-state index contributed by atoms with van der Waals surface area (Å²) in [6.07, 6.45) is 5.72. The third kappa shape index (κ3) is 4.98. The van der Waals surface area contributed by atoms with Crippen LogP contribution in [0.2, 0.25) is 0 Å². The van der Waals surface area contributed by atoms with E-state index in [4.69, 9.17) is 0 Å². The maximum absolute atomic E-state index is 11.2. The van der Waals surface area contributed by atoms with Gasteiger partial charge in [-0.25, -0.2) is 4.98 Å². The standard InChI is InChI=1S/C17H27N3O2/c1-14-6-7-16(18-12-14)20(13-15(2)17(21)22)11-10-19-8-4-3-5-9-19/h6-7,12,15H,3-5,8-11,13H2,1-2H3,(H,21,22). The number of pyridine rings is 1. The molecular formula is C17H27N3O2. The van der Waals surface area contributed by atoms with Crippen LogP contribution in [0.1, 0.15) is 31.7 Å². The minimum atomic E-state index is -0.755. The van der Waals surface area contributed by atoms with E-state index in [-0.39, 0.29) is 0 Å². The Kier molecular flexibility index (Phi) is 6.19. The molecular weight excluding hydrogens is 278 g/mol. The fraction of sp³-hybridized carbons (Fsp3) is 0.647. The Morgan fingerprint density at radius 3 is 2.68 bits per heavy atom. The van der Waals surface area contributed by atoms with Crippen LogP contribution >= 0.6 is 0 Å².